The molecular formula is C14H19NOS. The van der Waals surface area contributed by atoms with E-state index in [0.717, 1.165) is 0 Å². The van der Waals surface area contributed by atoms with Crippen molar-refractivity contribution in [1.82, 2.24) is 4.90 Å². The summed E-state index contributed by atoms with van der Waals surface area (Å²) in [7, 11) is 3.63. The molecule has 1 aliphatic carbocycles. The lowest BCUT2D eigenvalue weighted by Crippen LogP contribution is -2.24. The van der Waals surface area contributed by atoms with E-state index in [-0.39, 0.29) is 5.91 Å². The van der Waals surface area contributed by atoms with Crippen LogP contribution in [-0.4, -0.2) is 30.7 Å². The predicted molar refractivity (Wildman–Crippen MR) is 73.3 cm³/mol. The average Bonchev–Trinajstić information content (AvgIpc) is 2.35. The molecule has 0 aromatic heterocycles. The summed E-state index contributed by atoms with van der Waals surface area (Å²) in [5, 5.41) is 0.504. The minimum absolute atomic E-state index is 0.207. The van der Waals surface area contributed by atoms with Crippen LogP contribution in [-0.2, 0) is 11.2 Å². The number of aryl methyl sites for hydroxylation is 1. The second-order valence-electron chi connectivity index (χ2n) is 4.68. The molecule has 92 valence electrons. The molecule has 0 spiro atoms. The Labute approximate surface area is 107 Å². The van der Waals surface area contributed by atoms with Gasteiger partial charge in [-0.2, -0.15) is 0 Å². The van der Waals surface area contributed by atoms with Crippen molar-refractivity contribution < 1.29 is 4.79 Å². The lowest BCUT2D eigenvalue weighted by Gasteiger charge is -2.25. The standard InChI is InChI=1S/C14H19NOS/c1-15(2)14(16)10-17-13-9-5-7-11-6-3-4-8-12(11)13/h3-4,6,8,13H,5,7,9-10H2,1-2H3/t13-/m0/s1. The first kappa shape index (κ1) is 12.5. The third-order valence-corrected chi connectivity index (χ3v) is 4.53. The van der Waals surface area contributed by atoms with Crippen LogP contribution < -0.4 is 0 Å². The first-order valence-corrected chi connectivity index (χ1v) is 7.13. The second-order valence-corrected chi connectivity index (χ2v) is 5.87. The molecule has 2 nitrogen and oxygen atoms in total. The monoisotopic (exact) mass is 249 g/mol. The van der Waals surface area contributed by atoms with Gasteiger partial charge >= 0.3 is 0 Å². The number of carbonyl (C=O) groups excluding carboxylic acids is 1. The minimum Gasteiger partial charge on any atom is -0.348 e. The quantitative estimate of drug-likeness (QED) is 0.821. The van der Waals surface area contributed by atoms with Gasteiger partial charge in [-0.1, -0.05) is 24.3 Å². The molecular weight excluding hydrogens is 230 g/mol. The van der Waals surface area contributed by atoms with Crippen molar-refractivity contribution in [2.24, 2.45) is 0 Å². The van der Waals surface area contributed by atoms with Gasteiger partial charge in [-0.3, -0.25) is 4.79 Å². The largest absolute Gasteiger partial charge is 0.348 e. The van der Waals surface area contributed by atoms with Gasteiger partial charge in [-0.05, 0) is 30.4 Å². The number of carbonyl (C=O) groups is 1. The predicted octanol–water partition coefficient (Wildman–Crippen LogP) is 2.89. The van der Waals surface area contributed by atoms with Gasteiger partial charge in [0.1, 0.15) is 0 Å². The molecule has 3 heteroatoms. The van der Waals surface area contributed by atoms with Crippen molar-refractivity contribution in [3.63, 3.8) is 0 Å². The van der Waals surface area contributed by atoms with Crippen molar-refractivity contribution in [2.45, 2.75) is 24.5 Å². The van der Waals surface area contributed by atoms with Gasteiger partial charge in [0.15, 0.2) is 0 Å². The molecule has 0 saturated heterocycles. The molecule has 2 rings (SSSR count). The van der Waals surface area contributed by atoms with Crippen molar-refractivity contribution in [3.8, 4) is 0 Å². The SMILES string of the molecule is CN(C)C(=O)CS[C@H]1CCCc2ccccc21. The summed E-state index contributed by atoms with van der Waals surface area (Å²) < 4.78 is 0. The van der Waals surface area contributed by atoms with Crippen LogP contribution in [0.4, 0.5) is 0 Å². The molecule has 0 heterocycles. The number of hydrogen-bond donors (Lipinski definition) is 0. The Kier molecular flexibility index (Phi) is 4.11. The second kappa shape index (κ2) is 5.58. The third kappa shape index (κ3) is 3.03. The number of hydrogen-bond acceptors (Lipinski definition) is 2. The molecule has 1 aromatic rings. The zero-order chi connectivity index (χ0) is 12.3. The molecule has 1 aliphatic rings. The maximum absolute atomic E-state index is 11.6. The lowest BCUT2D eigenvalue weighted by atomic mass is 9.91. The van der Waals surface area contributed by atoms with E-state index in [2.05, 4.69) is 24.3 Å². The fraction of sp³-hybridized carbons (Fsp3) is 0.500. The van der Waals surface area contributed by atoms with Gasteiger partial charge in [-0.15, -0.1) is 11.8 Å². The highest BCUT2D eigenvalue weighted by molar-refractivity contribution is 8.00. The van der Waals surface area contributed by atoms with E-state index in [1.54, 1.807) is 16.7 Å². The van der Waals surface area contributed by atoms with Crippen LogP contribution in [0.15, 0.2) is 24.3 Å². The van der Waals surface area contributed by atoms with E-state index in [9.17, 15) is 4.79 Å². The first-order valence-electron chi connectivity index (χ1n) is 6.08. The summed E-state index contributed by atoms with van der Waals surface area (Å²) in [5.74, 6) is 0.796. The Morgan fingerprint density at radius 3 is 2.94 bits per heavy atom. The number of thioether (sulfide) groups is 1. The maximum Gasteiger partial charge on any atom is 0.232 e. The summed E-state index contributed by atoms with van der Waals surface area (Å²) in [6, 6.07) is 8.64. The molecule has 1 aromatic carbocycles. The summed E-state index contributed by atoms with van der Waals surface area (Å²) >= 11 is 1.79. The molecule has 0 unspecified atom stereocenters. The van der Waals surface area contributed by atoms with Crippen LogP contribution >= 0.6 is 11.8 Å². The van der Waals surface area contributed by atoms with E-state index < -0.39 is 0 Å². The Balaban J connectivity index is 2.01. The summed E-state index contributed by atoms with van der Waals surface area (Å²) in [6.07, 6.45) is 3.63. The molecule has 0 bridgehead atoms. The van der Waals surface area contributed by atoms with Crippen LogP contribution in [0.5, 0.6) is 0 Å². The van der Waals surface area contributed by atoms with Crippen molar-refractivity contribution in [2.75, 3.05) is 19.8 Å². The van der Waals surface area contributed by atoms with Crippen LogP contribution in [0.2, 0.25) is 0 Å². The van der Waals surface area contributed by atoms with Crippen molar-refractivity contribution >= 4 is 17.7 Å². The van der Waals surface area contributed by atoms with Crippen LogP contribution in [0.3, 0.4) is 0 Å². The summed E-state index contributed by atoms with van der Waals surface area (Å²) in [5.41, 5.74) is 2.91. The van der Waals surface area contributed by atoms with Gasteiger partial charge in [-0.25, -0.2) is 0 Å². The molecule has 0 radical (unpaired) electrons. The number of rotatable bonds is 3. The fourth-order valence-electron chi connectivity index (χ4n) is 2.18. The summed E-state index contributed by atoms with van der Waals surface area (Å²) in [4.78, 5) is 13.3. The van der Waals surface area contributed by atoms with E-state index in [1.807, 2.05) is 14.1 Å². The number of nitrogens with zero attached hydrogens (tertiary/aromatic N) is 1. The van der Waals surface area contributed by atoms with E-state index >= 15 is 0 Å². The number of fused-ring (bicyclic) bond motifs is 1. The van der Waals surface area contributed by atoms with Gasteiger partial charge in [0, 0.05) is 19.3 Å². The van der Waals surface area contributed by atoms with Gasteiger partial charge < -0.3 is 4.90 Å². The number of amides is 1. The first-order chi connectivity index (χ1) is 8.18. The van der Waals surface area contributed by atoms with Crippen LogP contribution in [0.25, 0.3) is 0 Å². The molecule has 0 saturated carbocycles. The zero-order valence-electron chi connectivity index (χ0n) is 10.5. The van der Waals surface area contributed by atoms with E-state index in [1.165, 1.54) is 30.4 Å². The van der Waals surface area contributed by atoms with Gasteiger partial charge in [0.25, 0.3) is 0 Å². The average molecular weight is 249 g/mol. The maximum atomic E-state index is 11.6. The Bertz CT molecular complexity index is 403. The third-order valence-electron chi connectivity index (χ3n) is 3.22. The molecule has 0 fully saturated rings. The molecule has 0 aliphatic heterocycles. The molecule has 0 N–H and O–H groups in total. The van der Waals surface area contributed by atoms with E-state index in [4.69, 9.17) is 0 Å². The lowest BCUT2D eigenvalue weighted by molar-refractivity contribution is -0.125. The fourth-order valence-corrected chi connectivity index (χ4v) is 3.53. The highest BCUT2D eigenvalue weighted by Crippen LogP contribution is 2.39. The molecule has 1 amide bonds. The normalized spacial score (nSPS) is 18.6. The van der Waals surface area contributed by atoms with Crippen LogP contribution in [0, 0.1) is 0 Å². The van der Waals surface area contributed by atoms with Crippen LogP contribution in [0.1, 0.15) is 29.2 Å². The molecule has 1 atom stereocenters. The zero-order valence-corrected chi connectivity index (χ0v) is 11.3. The Morgan fingerprint density at radius 2 is 2.18 bits per heavy atom. The summed E-state index contributed by atoms with van der Waals surface area (Å²) in [6.45, 7) is 0. The van der Waals surface area contributed by atoms with Gasteiger partial charge in [0.2, 0.25) is 5.91 Å². The van der Waals surface area contributed by atoms with Crippen molar-refractivity contribution in [1.29, 1.82) is 0 Å². The smallest absolute Gasteiger partial charge is 0.232 e. The minimum atomic E-state index is 0.207. The highest BCUT2D eigenvalue weighted by Gasteiger charge is 2.21. The number of benzene rings is 1. The highest BCUT2D eigenvalue weighted by atomic mass is 32.2. The topological polar surface area (TPSA) is 20.3 Å². The Morgan fingerprint density at radius 1 is 1.41 bits per heavy atom. The van der Waals surface area contributed by atoms with Gasteiger partial charge in [0.05, 0.1) is 5.75 Å². The van der Waals surface area contributed by atoms with E-state index in [0.29, 0.717) is 11.0 Å². The Hall–Kier alpha value is -0.960. The molecule has 17 heavy (non-hydrogen) atoms. The van der Waals surface area contributed by atoms with Crippen molar-refractivity contribution in [3.05, 3.63) is 35.4 Å².